The van der Waals surface area contributed by atoms with E-state index in [0.717, 1.165) is 16.7 Å². The molecule has 0 spiro atoms. The first-order valence-corrected chi connectivity index (χ1v) is 10.4. The number of ether oxygens (including phenoxy) is 2. The van der Waals surface area contributed by atoms with Gasteiger partial charge in [0, 0.05) is 12.0 Å². The van der Waals surface area contributed by atoms with Crippen LogP contribution < -0.4 is 14.9 Å². The third-order valence-electron chi connectivity index (χ3n) is 5.31. The summed E-state index contributed by atoms with van der Waals surface area (Å²) in [6.45, 7) is 3.80. The van der Waals surface area contributed by atoms with Crippen LogP contribution in [0, 0.1) is 13.8 Å². The van der Waals surface area contributed by atoms with E-state index in [4.69, 9.17) is 13.9 Å². The zero-order valence-corrected chi connectivity index (χ0v) is 18.3. The summed E-state index contributed by atoms with van der Waals surface area (Å²) in [7, 11) is 1.58. The molecule has 0 radical (unpaired) electrons. The molecule has 0 aliphatic heterocycles. The van der Waals surface area contributed by atoms with E-state index in [0.29, 0.717) is 28.7 Å². The fraction of sp³-hybridized carbons (Fsp3) is 0.185. The highest BCUT2D eigenvalue weighted by Gasteiger charge is 2.21. The highest BCUT2D eigenvalue weighted by Crippen LogP contribution is 2.33. The first-order chi connectivity index (χ1) is 15.5. The zero-order valence-electron chi connectivity index (χ0n) is 18.3. The van der Waals surface area contributed by atoms with Crippen molar-refractivity contribution in [1.82, 2.24) is 0 Å². The molecule has 5 heteroatoms. The summed E-state index contributed by atoms with van der Waals surface area (Å²) in [6.07, 6.45) is 0.672. The van der Waals surface area contributed by atoms with Gasteiger partial charge in [0.15, 0.2) is 5.76 Å². The fourth-order valence-electron chi connectivity index (χ4n) is 3.71. The molecule has 0 aliphatic carbocycles. The van der Waals surface area contributed by atoms with Crippen molar-refractivity contribution >= 4 is 16.9 Å². The fourth-order valence-corrected chi connectivity index (χ4v) is 3.71. The number of hydrogen-bond donors (Lipinski definition) is 0. The summed E-state index contributed by atoms with van der Waals surface area (Å²) in [5.74, 6) is 0.320. The van der Waals surface area contributed by atoms with Crippen LogP contribution >= 0.6 is 0 Å². The lowest BCUT2D eigenvalue weighted by Crippen LogP contribution is -2.17. The smallest absolute Gasteiger partial charge is 0.311 e. The molecule has 0 aliphatic rings. The van der Waals surface area contributed by atoms with Crippen LogP contribution in [0.3, 0.4) is 0 Å². The van der Waals surface area contributed by atoms with Crippen LogP contribution in [-0.2, 0) is 11.2 Å². The van der Waals surface area contributed by atoms with Gasteiger partial charge in [-0.1, -0.05) is 36.4 Å². The normalized spacial score (nSPS) is 10.8. The summed E-state index contributed by atoms with van der Waals surface area (Å²) in [6, 6.07) is 20.5. The van der Waals surface area contributed by atoms with Gasteiger partial charge in [-0.3, -0.25) is 9.59 Å². The van der Waals surface area contributed by atoms with E-state index in [1.165, 1.54) is 0 Å². The Morgan fingerprint density at radius 1 is 0.969 bits per heavy atom. The summed E-state index contributed by atoms with van der Waals surface area (Å²) >= 11 is 0. The van der Waals surface area contributed by atoms with Crippen molar-refractivity contribution in [2.24, 2.45) is 0 Å². The first-order valence-electron chi connectivity index (χ1n) is 10.4. The third kappa shape index (κ3) is 4.42. The van der Waals surface area contributed by atoms with Gasteiger partial charge in [0.1, 0.15) is 11.3 Å². The van der Waals surface area contributed by atoms with Crippen molar-refractivity contribution in [1.29, 1.82) is 0 Å². The lowest BCUT2D eigenvalue weighted by atomic mass is 10.1. The predicted octanol–water partition coefficient (Wildman–Crippen LogP) is 5.62. The molecule has 0 N–H and O–H groups in total. The van der Waals surface area contributed by atoms with Crippen molar-refractivity contribution in [2.75, 3.05) is 7.11 Å². The number of carbonyl (C=O) groups excluding carboxylic acids is 1. The van der Waals surface area contributed by atoms with Gasteiger partial charge in [-0.2, -0.15) is 0 Å². The minimum Gasteiger partial charge on any atom is -0.497 e. The lowest BCUT2D eigenvalue weighted by molar-refractivity contribution is -0.134. The summed E-state index contributed by atoms with van der Waals surface area (Å²) in [5.41, 5.74) is 3.54. The molecule has 4 rings (SSSR count). The number of methoxy groups -OCH3 is 1. The molecule has 162 valence electrons. The Hall–Kier alpha value is -3.86. The molecular weight excluding hydrogens is 404 g/mol. The van der Waals surface area contributed by atoms with Crippen LogP contribution in [0.4, 0.5) is 0 Å². The average molecular weight is 428 g/mol. The van der Waals surface area contributed by atoms with Crippen molar-refractivity contribution in [2.45, 2.75) is 26.7 Å². The largest absolute Gasteiger partial charge is 0.497 e. The van der Waals surface area contributed by atoms with E-state index in [2.05, 4.69) is 0 Å². The van der Waals surface area contributed by atoms with Crippen LogP contribution in [0.2, 0.25) is 0 Å². The second kappa shape index (κ2) is 9.10. The van der Waals surface area contributed by atoms with Crippen molar-refractivity contribution in [3.05, 3.63) is 93.6 Å². The van der Waals surface area contributed by atoms with Gasteiger partial charge in [-0.05, 0) is 67.3 Å². The van der Waals surface area contributed by atoms with Crippen molar-refractivity contribution in [3.63, 3.8) is 0 Å². The van der Waals surface area contributed by atoms with Crippen LogP contribution in [0.5, 0.6) is 11.5 Å². The van der Waals surface area contributed by atoms with E-state index in [1.54, 1.807) is 37.4 Å². The average Bonchev–Trinajstić information content (AvgIpc) is 2.80. The van der Waals surface area contributed by atoms with Crippen LogP contribution in [0.15, 0.2) is 75.9 Å². The minimum atomic E-state index is -0.486. The van der Waals surface area contributed by atoms with Gasteiger partial charge >= 0.3 is 5.97 Å². The Balaban J connectivity index is 1.76. The van der Waals surface area contributed by atoms with E-state index < -0.39 is 5.97 Å². The Labute approximate surface area is 186 Å². The van der Waals surface area contributed by atoms with Gasteiger partial charge in [-0.15, -0.1) is 0 Å². The molecule has 0 amide bonds. The third-order valence-corrected chi connectivity index (χ3v) is 5.31. The van der Waals surface area contributed by atoms with Gasteiger partial charge in [0.05, 0.1) is 12.5 Å². The van der Waals surface area contributed by atoms with Gasteiger partial charge in [-0.25, -0.2) is 0 Å². The summed E-state index contributed by atoms with van der Waals surface area (Å²) in [4.78, 5) is 26.1. The van der Waals surface area contributed by atoms with Crippen molar-refractivity contribution in [3.8, 4) is 22.8 Å². The summed E-state index contributed by atoms with van der Waals surface area (Å²) < 4.78 is 17.0. The molecule has 0 unspecified atom stereocenters. The Kier molecular flexibility index (Phi) is 6.08. The Morgan fingerprint density at radius 2 is 1.69 bits per heavy atom. The number of carbonyl (C=O) groups is 1. The quantitative estimate of drug-likeness (QED) is 0.373. The van der Waals surface area contributed by atoms with E-state index in [9.17, 15) is 9.59 Å². The summed E-state index contributed by atoms with van der Waals surface area (Å²) in [5, 5.41) is 0.394. The molecule has 32 heavy (non-hydrogen) atoms. The topological polar surface area (TPSA) is 65.7 Å². The number of benzene rings is 3. The Bertz CT molecular complexity index is 1320. The molecule has 1 aromatic heterocycles. The highest BCUT2D eigenvalue weighted by molar-refractivity contribution is 5.86. The van der Waals surface area contributed by atoms with Crippen LogP contribution in [-0.4, -0.2) is 13.1 Å². The van der Waals surface area contributed by atoms with Gasteiger partial charge < -0.3 is 13.9 Å². The zero-order chi connectivity index (χ0) is 22.7. The SMILES string of the molecule is COc1ccc(-c2oc3c(C)cc(C)cc3c(=O)c2OC(=O)CCc2ccccc2)cc1. The first kappa shape index (κ1) is 21.4. The number of fused-ring (bicyclic) bond motifs is 1. The maximum absolute atomic E-state index is 13.4. The Morgan fingerprint density at radius 3 is 2.38 bits per heavy atom. The molecule has 0 saturated carbocycles. The van der Waals surface area contributed by atoms with E-state index >= 15 is 0 Å². The predicted molar refractivity (Wildman–Crippen MR) is 124 cm³/mol. The number of rotatable bonds is 6. The van der Waals surface area contributed by atoms with Crippen LogP contribution in [0.1, 0.15) is 23.1 Å². The van der Waals surface area contributed by atoms with E-state index in [-0.39, 0.29) is 23.4 Å². The second-order valence-corrected chi connectivity index (χ2v) is 7.74. The highest BCUT2D eigenvalue weighted by atomic mass is 16.5. The maximum Gasteiger partial charge on any atom is 0.311 e. The molecule has 1 heterocycles. The number of aryl methyl sites for hydroxylation is 3. The molecule has 0 atom stereocenters. The molecule has 4 aromatic rings. The van der Waals surface area contributed by atoms with Gasteiger partial charge in [0.2, 0.25) is 11.2 Å². The molecule has 5 nitrogen and oxygen atoms in total. The lowest BCUT2D eigenvalue weighted by Gasteiger charge is -2.12. The maximum atomic E-state index is 13.4. The molecule has 0 fully saturated rings. The molecule has 0 saturated heterocycles. The molecule has 0 bridgehead atoms. The van der Waals surface area contributed by atoms with Crippen LogP contribution in [0.25, 0.3) is 22.3 Å². The minimum absolute atomic E-state index is 0.0919. The van der Waals surface area contributed by atoms with Crippen molar-refractivity contribution < 1.29 is 18.7 Å². The second-order valence-electron chi connectivity index (χ2n) is 7.74. The number of esters is 1. The van der Waals surface area contributed by atoms with Gasteiger partial charge in [0.25, 0.3) is 0 Å². The molecule has 3 aromatic carbocycles. The monoisotopic (exact) mass is 428 g/mol. The van der Waals surface area contributed by atoms with E-state index in [1.807, 2.05) is 50.2 Å². The standard InChI is InChI=1S/C27H24O5/c1-17-15-18(2)25-22(16-17)24(29)27(26(32-25)20-10-12-21(30-3)13-11-20)31-23(28)14-9-19-7-5-4-6-8-19/h4-8,10-13,15-16H,9,14H2,1-3H3. The molecular formula is C27H24O5. The number of hydrogen-bond acceptors (Lipinski definition) is 5.